The monoisotopic (exact) mass is 257 g/mol. The van der Waals surface area contributed by atoms with Gasteiger partial charge in [0.1, 0.15) is 0 Å². The maximum atomic E-state index is 5.54. The van der Waals surface area contributed by atoms with Gasteiger partial charge in [0.15, 0.2) is 12.6 Å². The Balaban J connectivity index is 2.30. The predicted molar refractivity (Wildman–Crippen MR) is 69.4 cm³/mol. The Morgan fingerprint density at radius 1 is 1.41 bits per heavy atom. The van der Waals surface area contributed by atoms with E-state index in [4.69, 9.17) is 10.5 Å². The zero-order valence-electron chi connectivity index (χ0n) is 11.2. The Morgan fingerprint density at radius 3 is 2.71 bits per heavy atom. The second-order valence-corrected chi connectivity index (χ2v) is 11.1. The molecule has 0 aliphatic rings. The number of ether oxygens (including phenoxy) is 1. The molecular weight excluding hydrogens is 234 g/mol. The number of tetrazole rings is 1. The summed E-state index contributed by atoms with van der Waals surface area (Å²) in [6.07, 6.45) is 0. The minimum atomic E-state index is -1.02. The van der Waals surface area contributed by atoms with Crippen molar-refractivity contribution in [2.75, 3.05) is 13.2 Å². The van der Waals surface area contributed by atoms with Crippen LogP contribution < -0.4 is 5.73 Å². The van der Waals surface area contributed by atoms with Gasteiger partial charge in [-0.3, -0.25) is 0 Å². The molecular formula is C10H23N5OSi. The zero-order valence-corrected chi connectivity index (χ0v) is 12.2. The first kappa shape index (κ1) is 14.3. The van der Waals surface area contributed by atoms with Gasteiger partial charge in [0.2, 0.25) is 0 Å². The third-order valence-corrected chi connectivity index (χ3v) is 4.17. The quantitative estimate of drug-likeness (QED) is 0.583. The molecule has 0 amide bonds. The van der Waals surface area contributed by atoms with Crippen LogP contribution in [0.5, 0.6) is 0 Å². The van der Waals surface area contributed by atoms with Crippen LogP contribution in [0.1, 0.15) is 18.7 Å². The van der Waals surface area contributed by atoms with E-state index in [1.54, 1.807) is 0 Å². The second-order valence-electron chi connectivity index (χ2n) is 5.50. The van der Waals surface area contributed by atoms with E-state index in [-0.39, 0.29) is 5.92 Å². The lowest BCUT2D eigenvalue weighted by atomic mass is 10.2. The topological polar surface area (TPSA) is 78.8 Å². The summed E-state index contributed by atoms with van der Waals surface area (Å²) in [6.45, 7) is 10.6. The molecule has 1 unspecified atom stereocenters. The summed E-state index contributed by atoms with van der Waals surface area (Å²) in [5, 5.41) is 12.1. The highest BCUT2D eigenvalue weighted by atomic mass is 28.3. The third-order valence-electron chi connectivity index (χ3n) is 2.47. The van der Waals surface area contributed by atoms with Gasteiger partial charge in [0.05, 0.1) is 0 Å². The maximum Gasteiger partial charge on any atom is 0.178 e. The van der Waals surface area contributed by atoms with Gasteiger partial charge in [-0.15, -0.1) is 15.0 Å². The van der Waals surface area contributed by atoms with Gasteiger partial charge in [-0.25, -0.2) is 0 Å². The molecule has 1 aromatic rings. The average Bonchev–Trinajstić information content (AvgIpc) is 2.70. The molecule has 7 heteroatoms. The van der Waals surface area contributed by atoms with Gasteiger partial charge in [0, 0.05) is 27.1 Å². The number of nitrogens with two attached hydrogens (primary N) is 1. The number of hydrogen-bond donors (Lipinski definition) is 1. The van der Waals surface area contributed by atoms with E-state index in [9.17, 15) is 0 Å². The van der Waals surface area contributed by atoms with Crippen molar-refractivity contribution in [3.05, 3.63) is 5.82 Å². The highest BCUT2D eigenvalue weighted by Gasteiger charge is 2.13. The summed E-state index contributed by atoms with van der Waals surface area (Å²) in [5.41, 5.74) is 5.54. The predicted octanol–water partition coefficient (Wildman–Crippen LogP) is 1.05. The Morgan fingerprint density at radius 2 is 2.12 bits per heavy atom. The Labute approximate surface area is 104 Å². The van der Waals surface area contributed by atoms with Crippen molar-refractivity contribution < 1.29 is 4.74 Å². The zero-order chi connectivity index (χ0) is 12.9. The standard InChI is InChI=1S/C10H23N5OSi/c1-9(7-11)10-12-14-15(13-10)8-16-5-6-17(2,3)4/h9H,5-8,11H2,1-4H3. The lowest BCUT2D eigenvalue weighted by molar-refractivity contribution is 0.0671. The first-order valence-corrected chi connectivity index (χ1v) is 9.68. The number of hydrogen-bond acceptors (Lipinski definition) is 5. The van der Waals surface area contributed by atoms with Gasteiger partial charge < -0.3 is 10.5 Å². The van der Waals surface area contributed by atoms with Gasteiger partial charge >= 0.3 is 0 Å². The highest BCUT2D eigenvalue weighted by molar-refractivity contribution is 6.76. The summed E-state index contributed by atoms with van der Waals surface area (Å²) in [6, 6.07) is 1.15. The van der Waals surface area contributed by atoms with Crippen molar-refractivity contribution >= 4 is 8.07 Å². The molecule has 1 aromatic heterocycles. The Kier molecular flexibility index (Phi) is 5.22. The molecule has 1 atom stereocenters. The van der Waals surface area contributed by atoms with Crippen LogP contribution in [0.3, 0.4) is 0 Å². The molecule has 0 fully saturated rings. The lowest BCUT2D eigenvalue weighted by Gasteiger charge is -2.14. The molecule has 0 spiro atoms. The third kappa shape index (κ3) is 5.38. The van der Waals surface area contributed by atoms with Crippen molar-refractivity contribution in [1.29, 1.82) is 0 Å². The lowest BCUT2D eigenvalue weighted by Crippen LogP contribution is -2.22. The normalized spacial score (nSPS) is 13.9. The van der Waals surface area contributed by atoms with E-state index in [1.165, 1.54) is 4.80 Å². The molecule has 17 heavy (non-hydrogen) atoms. The molecule has 0 aliphatic carbocycles. The fraction of sp³-hybridized carbons (Fsp3) is 0.900. The molecule has 0 bridgehead atoms. The minimum Gasteiger partial charge on any atom is -0.358 e. The van der Waals surface area contributed by atoms with Crippen LogP contribution in [0.2, 0.25) is 25.7 Å². The molecule has 98 valence electrons. The molecule has 0 radical (unpaired) electrons. The minimum absolute atomic E-state index is 0.144. The number of aromatic nitrogens is 4. The van der Waals surface area contributed by atoms with Crippen LogP contribution in [-0.4, -0.2) is 41.4 Å². The van der Waals surface area contributed by atoms with E-state index in [1.807, 2.05) is 6.92 Å². The van der Waals surface area contributed by atoms with Crippen molar-refractivity contribution in [3.63, 3.8) is 0 Å². The first-order valence-electron chi connectivity index (χ1n) is 5.98. The molecule has 0 aromatic carbocycles. The van der Waals surface area contributed by atoms with Crippen LogP contribution in [0, 0.1) is 0 Å². The van der Waals surface area contributed by atoms with Crippen LogP contribution >= 0.6 is 0 Å². The maximum absolute atomic E-state index is 5.54. The summed E-state index contributed by atoms with van der Waals surface area (Å²) < 4.78 is 5.52. The van der Waals surface area contributed by atoms with E-state index < -0.39 is 8.07 Å². The second kappa shape index (κ2) is 6.22. The molecule has 0 aliphatic heterocycles. The van der Waals surface area contributed by atoms with Crippen molar-refractivity contribution in [2.24, 2.45) is 5.73 Å². The molecule has 0 saturated heterocycles. The molecule has 1 rings (SSSR count). The van der Waals surface area contributed by atoms with Crippen LogP contribution in [0.25, 0.3) is 0 Å². The van der Waals surface area contributed by atoms with Gasteiger partial charge in [-0.05, 0) is 11.3 Å². The highest BCUT2D eigenvalue weighted by Crippen LogP contribution is 2.08. The summed E-state index contributed by atoms with van der Waals surface area (Å²) in [4.78, 5) is 1.48. The number of nitrogens with zero attached hydrogens (tertiary/aromatic N) is 4. The van der Waals surface area contributed by atoms with E-state index >= 15 is 0 Å². The van der Waals surface area contributed by atoms with Crippen LogP contribution in [-0.2, 0) is 11.5 Å². The fourth-order valence-corrected chi connectivity index (χ4v) is 1.89. The Hall–Kier alpha value is -0.793. The van der Waals surface area contributed by atoms with Gasteiger partial charge in [0.25, 0.3) is 0 Å². The molecule has 2 N–H and O–H groups in total. The van der Waals surface area contributed by atoms with Crippen LogP contribution in [0.4, 0.5) is 0 Å². The van der Waals surface area contributed by atoms with Gasteiger partial charge in [-0.2, -0.15) is 0 Å². The van der Waals surface area contributed by atoms with Crippen molar-refractivity contribution in [2.45, 2.75) is 45.3 Å². The molecule has 1 heterocycles. The Bertz CT molecular complexity index is 336. The van der Waals surface area contributed by atoms with Crippen molar-refractivity contribution in [3.8, 4) is 0 Å². The summed E-state index contributed by atoms with van der Waals surface area (Å²) in [7, 11) is -1.02. The van der Waals surface area contributed by atoms with Crippen molar-refractivity contribution in [1.82, 2.24) is 20.2 Å². The average molecular weight is 257 g/mol. The van der Waals surface area contributed by atoms with E-state index in [2.05, 4.69) is 35.1 Å². The molecule has 0 saturated carbocycles. The summed E-state index contributed by atoms with van der Waals surface area (Å²) in [5.74, 6) is 0.826. The van der Waals surface area contributed by atoms with Gasteiger partial charge in [-0.1, -0.05) is 26.6 Å². The summed E-state index contributed by atoms with van der Waals surface area (Å²) >= 11 is 0. The largest absolute Gasteiger partial charge is 0.358 e. The smallest absolute Gasteiger partial charge is 0.178 e. The first-order chi connectivity index (χ1) is 7.92. The van der Waals surface area contributed by atoms with Crippen LogP contribution in [0.15, 0.2) is 0 Å². The molecule has 6 nitrogen and oxygen atoms in total. The van der Waals surface area contributed by atoms with E-state index in [0.717, 1.165) is 12.7 Å². The fourth-order valence-electron chi connectivity index (χ4n) is 1.14. The number of rotatable bonds is 7. The SMILES string of the molecule is CC(CN)c1nnn(COCC[Si](C)(C)C)n1. The van der Waals surface area contributed by atoms with E-state index in [0.29, 0.717) is 19.1 Å².